The van der Waals surface area contributed by atoms with E-state index in [1.807, 2.05) is 43.3 Å². The second-order valence-electron chi connectivity index (χ2n) is 8.12. The molecule has 1 aromatic heterocycles. The zero-order chi connectivity index (χ0) is 24.1. The number of alkyl carbamates (subject to hydrolysis) is 1. The van der Waals surface area contributed by atoms with Crippen LogP contribution in [-0.2, 0) is 20.9 Å². The Morgan fingerprint density at radius 1 is 1.09 bits per heavy atom. The molecule has 0 saturated heterocycles. The largest absolute Gasteiger partial charge is 0.480 e. The van der Waals surface area contributed by atoms with Gasteiger partial charge in [-0.05, 0) is 28.7 Å². The maximum Gasteiger partial charge on any atom is 0.407 e. The lowest BCUT2D eigenvalue weighted by Crippen LogP contribution is -2.44. The first-order chi connectivity index (χ1) is 16.5. The molecule has 9 nitrogen and oxygen atoms in total. The number of fused-ring (bicyclic) bond motifs is 3. The summed E-state index contributed by atoms with van der Waals surface area (Å²) >= 11 is 0. The molecule has 0 aliphatic heterocycles. The number of nitrogens with zero attached hydrogens (tertiary/aromatic N) is 2. The summed E-state index contributed by atoms with van der Waals surface area (Å²) < 4.78 is 6.75. The van der Waals surface area contributed by atoms with Gasteiger partial charge in [-0.15, -0.1) is 0 Å². The van der Waals surface area contributed by atoms with Crippen LogP contribution in [0.5, 0.6) is 0 Å². The highest BCUT2D eigenvalue weighted by Gasteiger charge is 2.29. The highest BCUT2D eigenvalue weighted by molar-refractivity contribution is 5.96. The van der Waals surface area contributed by atoms with Crippen molar-refractivity contribution in [3.8, 4) is 11.1 Å². The fourth-order valence-electron chi connectivity index (χ4n) is 4.22. The third-order valence-corrected chi connectivity index (χ3v) is 5.73. The van der Waals surface area contributed by atoms with Crippen molar-refractivity contribution in [2.75, 3.05) is 11.9 Å². The predicted octanol–water partition coefficient (Wildman–Crippen LogP) is 3.61. The summed E-state index contributed by atoms with van der Waals surface area (Å²) in [6.07, 6.45) is 3.19. The number of ether oxygens (including phenoxy) is 1. The Balaban J connectivity index is 1.37. The van der Waals surface area contributed by atoms with E-state index in [1.165, 1.54) is 17.1 Å². The highest BCUT2D eigenvalue weighted by atomic mass is 16.5. The molecule has 1 heterocycles. The van der Waals surface area contributed by atoms with Gasteiger partial charge in [-0.2, -0.15) is 5.10 Å². The number of amides is 2. The van der Waals surface area contributed by atoms with Crippen molar-refractivity contribution >= 4 is 23.7 Å². The number of aliphatic carboxylic acids is 1. The smallest absolute Gasteiger partial charge is 0.407 e. The first-order valence-corrected chi connectivity index (χ1v) is 11.1. The average Bonchev–Trinajstić information content (AvgIpc) is 3.38. The molecular weight excluding hydrogens is 436 g/mol. The van der Waals surface area contributed by atoms with Crippen LogP contribution in [0.3, 0.4) is 0 Å². The molecule has 0 fully saturated rings. The maximum absolute atomic E-state index is 12.7. The second-order valence-corrected chi connectivity index (χ2v) is 8.12. The molecule has 1 atom stereocenters. The first-order valence-electron chi connectivity index (χ1n) is 11.1. The fraction of sp³-hybridized carbons (Fsp3) is 0.280. The van der Waals surface area contributed by atoms with Gasteiger partial charge >= 0.3 is 12.1 Å². The standard InChI is InChI=1S/C25H26N4O5/c1-2-7-22(24(32)27-16-12-26-29(13-16)14-23(30)31)28-25(33)34-15-21-19-10-5-3-8-17(19)18-9-4-6-11-20(18)21/h3-6,8-13,21-22H,2,7,14-15H2,1H3,(H,27,32)(H,28,33)(H,30,31)/t22-/m1/s1. The highest BCUT2D eigenvalue weighted by Crippen LogP contribution is 2.44. The number of rotatable bonds is 9. The number of hydrogen-bond donors (Lipinski definition) is 3. The second kappa shape index (κ2) is 10.2. The van der Waals surface area contributed by atoms with Gasteiger partial charge in [0.05, 0.1) is 11.9 Å². The summed E-state index contributed by atoms with van der Waals surface area (Å²) in [6, 6.07) is 15.3. The van der Waals surface area contributed by atoms with Crippen LogP contribution in [0.4, 0.5) is 10.5 Å². The number of carboxylic acids is 1. The number of hydrogen-bond acceptors (Lipinski definition) is 5. The van der Waals surface area contributed by atoms with Crippen LogP contribution in [0, 0.1) is 0 Å². The average molecular weight is 463 g/mol. The lowest BCUT2D eigenvalue weighted by Gasteiger charge is -2.19. The van der Waals surface area contributed by atoms with E-state index in [2.05, 4.69) is 27.9 Å². The van der Waals surface area contributed by atoms with Crippen molar-refractivity contribution in [1.29, 1.82) is 0 Å². The van der Waals surface area contributed by atoms with E-state index in [9.17, 15) is 14.4 Å². The van der Waals surface area contributed by atoms with Gasteiger partial charge in [-0.3, -0.25) is 14.3 Å². The molecule has 1 aliphatic rings. The molecule has 2 aromatic carbocycles. The van der Waals surface area contributed by atoms with Gasteiger partial charge in [-0.25, -0.2) is 4.79 Å². The Labute approximate surface area is 196 Å². The van der Waals surface area contributed by atoms with Crippen LogP contribution in [0.25, 0.3) is 11.1 Å². The van der Waals surface area contributed by atoms with E-state index in [0.29, 0.717) is 18.5 Å². The van der Waals surface area contributed by atoms with Gasteiger partial charge < -0.3 is 20.5 Å². The number of benzene rings is 2. The Bertz CT molecular complexity index is 1160. The lowest BCUT2D eigenvalue weighted by molar-refractivity contribution is -0.137. The summed E-state index contributed by atoms with van der Waals surface area (Å²) in [5.74, 6) is -1.54. The molecule has 0 unspecified atom stereocenters. The van der Waals surface area contributed by atoms with Crippen LogP contribution in [0.1, 0.15) is 36.8 Å². The van der Waals surface area contributed by atoms with E-state index in [0.717, 1.165) is 22.3 Å². The Morgan fingerprint density at radius 3 is 2.35 bits per heavy atom. The summed E-state index contributed by atoms with van der Waals surface area (Å²) in [5, 5.41) is 18.1. The topological polar surface area (TPSA) is 123 Å². The van der Waals surface area contributed by atoms with Gasteiger partial charge in [0.15, 0.2) is 0 Å². The van der Waals surface area contributed by atoms with E-state index in [-0.39, 0.29) is 19.1 Å². The number of anilines is 1. The molecule has 3 N–H and O–H groups in total. The van der Waals surface area contributed by atoms with Crippen LogP contribution < -0.4 is 10.6 Å². The van der Waals surface area contributed by atoms with Crippen LogP contribution >= 0.6 is 0 Å². The third-order valence-electron chi connectivity index (χ3n) is 5.73. The first kappa shape index (κ1) is 23.0. The van der Waals surface area contributed by atoms with Crippen LogP contribution in [-0.4, -0.2) is 45.5 Å². The SMILES string of the molecule is CCC[C@@H](NC(=O)OCC1c2ccccc2-c2ccccc21)C(=O)Nc1cnn(CC(=O)O)c1. The minimum Gasteiger partial charge on any atom is -0.480 e. The number of carbonyl (C=O) groups excluding carboxylic acids is 2. The monoisotopic (exact) mass is 462 g/mol. The molecule has 0 saturated carbocycles. The molecule has 9 heteroatoms. The minimum atomic E-state index is -1.04. The summed E-state index contributed by atoms with van der Waals surface area (Å²) in [4.78, 5) is 36.1. The zero-order valence-electron chi connectivity index (χ0n) is 18.7. The van der Waals surface area contributed by atoms with Gasteiger partial charge in [-0.1, -0.05) is 61.9 Å². The van der Waals surface area contributed by atoms with Crippen molar-refractivity contribution in [1.82, 2.24) is 15.1 Å². The van der Waals surface area contributed by atoms with Crippen molar-refractivity contribution < 1.29 is 24.2 Å². The van der Waals surface area contributed by atoms with Crippen molar-refractivity contribution in [2.24, 2.45) is 0 Å². The number of carbonyl (C=O) groups is 3. The summed E-state index contributed by atoms with van der Waals surface area (Å²) in [5.41, 5.74) is 4.84. The van der Waals surface area contributed by atoms with Crippen molar-refractivity contribution in [3.63, 3.8) is 0 Å². The quantitative estimate of drug-likeness (QED) is 0.446. The molecule has 0 radical (unpaired) electrons. The van der Waals surface area contributed by atoms with Gasteiger partial charge in [0.25, 0.3) is 0 Å². The summed E-state index contributed by atoms with van der Waals surface area (Å²) in [6.45, 7) is 1.75. The molecular formula is C25H26N4O5. The van der Waals surface area contributed by atoms with Gasteiger partial charge in [0, 0.05) is 12.1 Å². The maximum atomic E-state index is 12.7. The molecule has 1 aliphatic carbocycles. The normalized spacial score (nSPS) is 13.0. The zero-order valence-corrected chi connectivity index (χ0v) is 18.7. The van der Waals surface area contributed by atoms with E-state index < -0.39 is 24.0 Å². The van der Waals surface area contributed by atoms with Crippen LogP contribution in [0.2, 0.25) is 0 Å². The molecule has 0 spiro atoms. The molecule has 3 aromatic rings. The van der Waals surface area contributed by atoms with Crippen molar-refractivity contribution in [2.45, 2.75) is 38.3 Å². The van der Waals surface area contributed by atoms with Gasteiger partial charge in [0.1, 0.15) is 19.2 Å². The fourth-order valence-corrected chi connectivity index (χ4v) is 4.22. The van der Waals surface area contributed by atoms with E-state index in [4.69, 9.17) is 9.84 Å². The van der Waals surface area contributed by atoms with Crippen LogP contribution in [0.15, 0.2) is 60.9 Å². The Morgan fingerprint density at radius 2 is 1.74 bits per heavy atom. The number of carboxylic acid groups (broad SMARTS) is 1. The molecule has 4 rings (SSSR count). The molecule has 2 amide bonds. The molecule has 176 valence electrons. The number of aromatic nitrogens is 2. The van der Waals surface area contributed by atoms with E-state index >= 15 is 0 Å². The van der Waals surface area contributed by atoms with Crippen molar-refractivity contribution in [3.05, 3.63) is 72.1 Å². The Hall–Kier alpha value is -4.14. The number of nitrogens with one attached hydrogen (secondary N) is 2. The summed E-state index contributed by atoms with van der Waals surface area (Å²) in [7, 11) is 0. The molecule has 34 heavy (non-hydrogen) atoms. The third kappa shape index (κ3) is 5.09. The predicted molar refractivity (Wildman–Crippen MR) is 125 cm³/mol. The van der Waals surface area contributed by atoms with Gasteiger partial charge in [0.2, 0.25) is 5.91 Å². The van der Waals surface area contributed by atoms with E-state index in [1.54, 1.807) is 0 Å². The molecule has 0 bridgehead atoms. The lowest BCUT2D eigenvalue weighted by atomic mass is 9.98. The minimum absolute atomic E-state index is 0.0725. The Kier molecular flexibility index (Phi) is 6.91.